The van der Waals surface area contributed by atoms with Gasteiger partial charge in [0.05, 0.1) is 6.10 Å². The first-order chi connectivity index (χ1) is 14.6. The fraction of sp³-hybridized carbons (Fsp3) is 0.960. The van der Waals surface area contributed by atoms with Gasteiger partial charge in [-0.1, -0.05) is 97.8 Å². The maximum absolute atomic E-state index is 11.9. The molecule has 2 N–H and O–H groups in total. The Bertz CT molecular complexity index is 365. The van der Waals surface area contributed by atoms with Gasteiger partial charge in [-0.25, -0.2) is 0 Å². The van der Waals surface area contributed by atoms with Crippen molar-refractivity contribution in [3.63, 3.8) is 0 Å². The molecule has 1 amide bonds. The van der Waals surface area contributed by atoms with E-state index < -0.39 is 0 Å². The molecule has 1 atom stereocenters. The van der Waals surface area contributed by atoms with Crippen LogP contribution in [0, 0.1) is 0 Å². The summed E-state index contributed by atoms with van der Waals surface area (Å²) in [5.41, 5.74) is 0. The molecule has 0 spiro atoms. The van der Waals surface area contributed by atoms with Crippen LogP contribution in [-0.4, -0.2) is 59.7 Å². The Hall–Kier alpha value is -0.260. The Balaban J connectivity index is 3.31. The van der Waals surface area contributed by atoms with E-state index in [4.69, 9.17) is 0 Å². The number of likely N-dealkylation sites (N-methyl/N-ethyl adjacent to an activating group) is 1. The zero-order chi connectivity index (χ0) is 22.3. The minimum atomic E-state index is -0.281. The third-order valence-electron chi connectivity index (χ3n) is 5.75. The molecule has 0 saturated heterocycles. The lowest BCUT2D eigenvalue weighted by Gasteiger charge is -2.21. The number of amides is 1. The number of hydrogen-bond donors (Lipinski definition) is 2. The summed E-state index contributed by atoms with van der Waals surface area (Å²) in [6.07, 6.45) is 17.7. The van der Waals surface area contributed by atoms with E-state index >= 15 is 0 Å². The molecule has 0 heterocycles. The summed E-state index contributed by atoms with van der Waals surface area (Å²) < 4.78 is 0. The van der Waals surface area contributed by atoms with E-state index in [1.165, 1.54) is 77.0 Å². The second-order valence-corrected chi connectivity index (χ2v) is 9.71. The fourth-order valence-electron chi connectivity index (χ4n) is 3.71. The molecule has 4 nitrogen and oxygen atoms in total. The summed E-state index contributed by atoms with van der Waals surface area (Å²) in [7, 11) is 0. The minimum absolute atomic E-state index is 0.183. The second-order valence-electron chi connectivity index (χ2n) is 8.56. The van der Waals surface area contributed by atoms with Crippen LogP contribution < -0.4 is 5.32 Å². The molecule has 0 aliphatic rings. The number of nitrogens with one attached hydrogen (secondary N) is 1. The maximum atomic E-state index is 11.9. The topological polar surface area (TPSA) is 52.6 Å². The average Bonchev–Trinajstić information content (AvgIpc) is 2.75. The predicted molar refractivity (Wildman–Crippen MR) is 134 cm³/mol. The number of aliphatic hydroxyl groups excluding tert-OH is 1. The number of thioether (sulfide) groups is 1. The molecule has 1 unspecified atom stereocenters. The van der Waals surface area contributed by atoms with Gasteiger partial charge < -0.3 is 15.3 Å². The quantitative estimate of drug-likeness (QED) is 0.189. The molecule has 0 aliphatic carbocycles. The average molecular weight is 445 g/mol. The monoisotopic (exact) mass is 444 g/mol. The minimum Gasteiger partial charge on any atom is -0.391 e. The number of nitrogens with zero attached hydrogens (tertiary/aromatic N) is 1. The Morgan fingerprint density at radius 3 is 1.83 bits per heavy atom. The Morgan fingerprint density at radius 2 is 1.33 bits per heavy atom. The van der Waals surface area contributed by atoms with Crippen molar-refractivity contribution in [3.05, 3.63) is 0 Å². The third kappa shape index (κ3) is 21.0. The van der Waals surface area contributed by atoms with Crippen LogP contribution in [0.15, 0.2) is 0 Å². The van der Waals surface area contributed by atoms with Crippen molar-refractivity contribution in [2.75, 3.05) is 37.7 Å². The smallest absolute Gasteiger partial charge is 0.220 e. The number of rotatable bonds is 23. The lowest BCUT2D eigenvalue weighted by molar-refractivity contribution is -0.121. The number of carbonyl (C=O) groups is 1. The van der Waals surface area contributed by atoms with Gasteiger partial charge in [0.1, 0.15) is 0 Å². The van der Waals surface area contributed by atoms with Gasteiger partial charge in [-0.3, -0.25) is 4.79 Å². The SMILES string of the molecule is CCCCCCCCCCCCCCCC(=O)NCCSCC(O)CN(CC)CC. The van der Waals surface area contributed by atoms with Crippen molar-refractivity contribution in [1.29, 1.82) is 0 Å². The Labute approximate surface area is 192 Å². The first-order valence-electron chi connectivity index (χ1n) is 12.9. The third-order valence-corrected chi connectivity index (χ3v) is 6.86. The van der Waals surface area contributed by atoms with Gasteiger partial charge in [-0.15, -0.1) is 0 Å². The molecule has 0 aromatic rings. The van der Waals surface area contributed by atoms with Gasteiger partial charge in [0.15, 0.2) is 0 Å². The van der Waals surface area contributed by atoms with Crippen molar-refractivity contribution in [2.45, 2.75) is 117 Å². The van der Waals surface area contributed by atoms with Crippen molar-refractivity contribution in [1.82, 2.24) is 10.2 Å². The van der Waals surface area contributed by atoms with Crippen molar-refractivity contribution >= 4 is 17.7 Å². The molecule has 30 heavy (non-hydrogen) atoms. The maximum Gasteiger partial charge on any atom is 0.220 e. The highest BCUT2D eigenvalue weighted by atomic mass is 32.2. The number of unbranched alkanes of at least 4 members (excludes halogenated alkanes) is 12. The van der Waals surface area contributed by atoms with Crippen LogP contribution in [0.3, 0.4) is 0 Å². The summed E-state index contributed by atoms with van der Waals surface area (Å²) in [6, 6.07) is 0. The summed E-state index contributed by atoms with van der Waals surface area (Å²) >= 11 is 1.72. The zero-order valence-corrected chi connectivity index (χ0v) is 21.2. The van der Waals surface area contributed by atoms with Gasteiger partial charge >= 0.3 is 0 Å². The van der Waals surface area contributed by atoms with E-state index in [1.807, 2.05) is 0 Å². The lowest BCUT2D eigenvalue weighted by atomic mass is 10.0. The molecular weight excluding hydrogens is 392 g/mol. The predicted octanol–water partition coefficient (Wildman–Crippen LogP) is 6.02. The molecular formula is C25H52N2O2S. The van der Waals surface area contributed by atoms with Gasteiger partial charge in [-0.05, 0) is 19.5 Å². The molecule has 0 bridgehead atoms. The summed E-state index contributed by atoms with van der Waals surface area (Å²) in [5, 5.41) is 13.0. The van der Waals surface area contributed by atoms with Crippen LogP contribution in [0.4, 0.5) is 0 Å². The van der Waals surface area contributed by atoms with Crippen molar-refractivity contribution in [2.24, 2.45) is 0 Å². The standard InChI is InChI=1S/C25H52N2O2S/c1-4-7-8-9-10-11-12-13-14-15-16-17-18-19-25(29)26-20-21-30-23-24(28)22-27(5-2)6-3/h24,28H,4-23H2,1-3H3,(H,26,29). The van der Waals surface area contributed by atoms with E-state index in [0.717, 1.165) is 37.6 Å². The highest BCUT2D eigenvalue weighted by Gasteiger charge is 2.09. The van der Waals surface area contributed by atoms with Crippen LogP contribution in [0.2, 0.25) is 0 Å². The molecule has 0 saturated carbocycles. The number of carbonyl (C=O) groups excluding carboxylic acids is 1. The fourth-order valence-corrected chi connectivity index (χ4v) is 4.50. The number of hydrogen-bond acceptors (Lipinski definition) is 4. The molecule has 0 fully saturated rings. The lowest BCUT2D eigenvalue weighted by Crippen LogP contribution is -2.33. The molecule has 0 aromatic carbocycles. The van der Waals surface area contributed by atoms with Crippen LogP contribution in [-0.2, 0) is 4.79 Å². The summed E-state index contributed by atoms with van der Waals surface area (Å²) in [4.78, 5) is 14.1. The molecule has 0 aliphatic heterocycles. The van der Waals surface area contributed by atoms with Gasteiger partial charge in [0.25, 0.3) is 0 Å². The molecule has 0 aromatic heterocycles. The van der Waals surface area contributed by atoms with E-state index in [1.54, 1.807) is 11.8 Å². The number of aliphatic hydroxyl groups is 1. The molecule has 5 heteroatoms. The molecule has 180 valence electrons. The van der Waals surface area contributed by atoms with Crippen LogP contribution in [0.5, 0.6) is 0 Å². The zero-order valence-electron chi connectivity index (χ0n) is 20.4. The van der Waals surface area contributed by atoms with Crippen LogP contribution in [0.1, 0.15) is 111 Å². The van der Waals surface area contributed by atoms with E-state index in [-0.39, 0.29) is 12.0 Å². The van der Waals surface area contributed by atoms with Gasteiger partial charge in [0.2, 0.25) is 5.91 Å². The molecule has 0 radical (unpaired) electrons. The normalized spacial score (nSPS) is 12.4. The van der Waals surface area contributed by atoms with Gasteiger partial charge in [-0.2, -0.15) is 11.8 Å². The van der Waals surface area contributed by atoms with Crippen molar-refractivity contribution in [3.8, 4) is 0 Å². The van der Waals surface area contributed by atoms with Crippen LogP contribution >= 0.6 is 11.8 Å². The second kappa shape index (κ2) is 23.4. The Morgan fingerprint density at radius 1 is 0.833 bits per heavy atom. The summed E-state index contributed by atoms with van der Waals surface area (Å²) in [5.74, 6) is 1.80. The highest BCUT2D eigenvalue weighted by Crippen LogP contribution is 2.13. The Kier molecular flexibility index (Phi) is 23.2. The van der Waals surface area contributed by atoms with E-state index in [2.05, 4.69) is 31.0 Å². The molecule has 0 rings (SSSR count). The first-order valence-corrected chi connectivity index (χ1v) is 14.0. The van der Waals surface area contributed by atoms with E-state index in [9.17, 15) is 9.90 Å². The highest BCUT2D eigenvalue weighted by molar-refractivity contribution is 7.99. The largest absolute Gasteiger partial charge is 0.391 e. The van der Waals surface area contributed by atoms with Crippen LogP contribution in [0.25, 0.3) is 0 Å². The summed E-state index contributed by atoms with van der Waals surface area (Å²) in [6.45, 7) is 9.92. The van der Waals surface area contributed by atoms with Crippen molar-refractivity contribution < 1.29 is 9.90 Å². The first kappa shape index (κ1) is 29.7. The van der Waals surface area contributed by atoms with E-state index in [0.29, 0.717) is 13.0 Å². The van der Waals surface area contributed by atoms with Gasteiger partial charge in [0, 0.05) is 31.0 Å².